The van der Waals surface area contributed by atoms with E-state index in [0.717, 1.165) is 0 Å². The third-order valence-corrected chi connectivity index (χ3v) is 13.0. The van der Waals surface area contributed by atoms with Gasteiger partial charge >= 0.3 is 0 Å². The molecule has 0 radical (unpaired) electrons. The molecule has 0 saturated heterocycles. The fraction of sp³-hybridized carbons (Fsp3) is 0.143. The first-order chi connectivity index (χ1) is 15.1. The predicted molar refractivity (Wildman–Crippen MR) is 140 cm³/mol. The lowest BCUT2D eigenvalue weighted by atomic mass is 10.1. The van der Waals surface area contributed by atoms with E-state index >= 15 is 0 Å². The zero-order valence-electron chi connectivity index (χ0n) is 17.7. The third-order valence-electron chi connectivity index (χ3n) is 6.96. The first-order valence-electron chi connectivity index (χ1n) is 10.8. The van der Waals surface area contributed by atoms with Gasteiger partial charge in [0, 0.05) is 20.8 Å². The smallest absolute Gasteiger partial charge is 0.0732 e. The maximum absolute atomic E-state index is 2.62. The summed E-state index contributed by atoms with van der Waals surface area (Å²) in [5.41, 5.74) is 9.90. The Kier molecular flexibility index (Phi) is 4.53. The summed E-state index contributed by atoms with van der Waals surface area (Å²) in [5, 5.41) is 4.43. The van der Waals surface area contributed by atoms with Crippen LogP contribution in [0.1, 0.15) is 43.1 Å². The Morgan fingerprint density at radius 3 is 1.45 bits per heavy atom. The molecule has 0 saturated carbocycles. The number of thiophene rings is 2. The minimum Gasteiger partial charge on any atom is -0.144 e. The molecular weight excluding hydrogens is 429 g/mol. The zero-order chi connectivity index (χ0) is 21.0. The number of hydrogen-bond donors (Lipinski definition) is 0. The molecule has 3 heteroatoms. The molecule has 2 atom stereocenters. The van der Waals surface area contributed by atoms with Crippen molar-refractivity contribution < 1.29 is 0 Å². The van der Waals surface area contributed by atoms with Crippen LogP contribution in [0.4, 0.5) is 0 Å². The summed E-state index contributed by atoms with van der Waals surface area (Å²) >= 11 is 3.76. The first-order valence-corrected chi connectivity index (χ1v) is 15.7. The summed E-state index contributed by atoms with van der Waals surface area (Å²) in [6.45, 7) is 5.24. The lowest BCUT2D eigenvalue weighted by molar-refractivity contribution is 1.07. The van der Waals surface area contributed by atoms with Crippen LogP contribution in [-0.2, 0) is 0 Å². The minimum absolute atomic E-state index is 0.488. The molecule has 152 valence electrons. The van der Waals surface area contributed by atoms with Gasteiger partial charge in [-0.3, -0.25) is 0 Å². The van der Waals surface area contributed by atoms with Crippen molar-refractivity contribution in [2.45, 2.75) is 24.2 Å². The van der Waals surface area contributed by atoms with Crippen molar-refractivity contribution in [2.24, 2.45) is 0 Å². The van der Waals surface area contributed by atoms with E-state index < -0.39 is 8.07 Å². The molecule has 0 N–H and O–H groups in total. The number of hydrogen-bond acceptors (Lipinski definition) is 2. The summed E-state index contributed by atoms with van der Waals surface area (Å²) < 4.78 is 0. The van der Waals surface area contributed by atoms with Crippen molar-refractivity contribution in [3.63, 3.8) is 0 Å². The van der Waals surface area contributed by atoms with E-state index in [1.165, 1.54) is 43.2 Å². The Morgan fingerprint density at radius 2 is 1.03 bits per heavy atom. The van der Waals surface area contributed by atoms with Gasteiger partial charge in [-0.25, -0.2) is 0 Å². The predicted octanol–water partition coefficient (Wildman–Crippen LogP) is 8.57. The van der Waals surface area contributed by atoms with Crippen LogP contribution in [0.2, 0.25) is 13.1 Å². The van der Waals surface area contributed by atoms with E-state index in [4.69, 9.17) is 0 Å². The maximum atomic E-state index is 2.62. The summed E-state index contributed by atoms with van der Waals surface area (Å²) in [4.78, 5) is 2.85. The number of allylic oxidation sites excluding steroid dienone is 2. The van der Waals surface area contributed by atoms with Crippen LogP contribution in [0.25, 0.3) is 23.3 Å². The van der Waals surface area contributed by atoms with Crippen LogP contribution in [0.15, 0.2) is 83.6 Å². The van der Waals surface area contributed by atoms with Crippen LogP contribution in [0.5, 0.6) is 0 Å². The Morgan fingerprint density at radius 1 is 0.581 bits per heavy atom. The van der Waals surface area contributed by atoms with E-state index in [-0.39, 0.29) is 0 Å². The molecule has 2 aromatic carbocycles. The molecule has 0 nitrogen and oxygen atoms in total. The molecule has 2 aliphatic rings. The quantitative estimate of drug-likeness (QED) is 0.272. The van der Waals surface area contributed by atoms with Gasteiger partial charge in [-0.2, -0.15) is 0 Å². The number of fused-ring (bicyclic) bond motifs is 2. The van der Waals surface area contributed by atoms with Gasteiger partial charge in [-0.1, -0.05) is 73.8 Å². The summed E-state index contributed by atoms with van der Waals surface area (Å²) in [6.07, 6.45) is 4.94. The van der Waals surface area contributed by atoms with Gasteiger partial charge in [0.1, 0.15) is 0 Å². The Balaban J connectivity index is 1.55. The van der Waals surface area contributed by atoms with Gasteiger partial charge < -0.3 is 0 Å². The molecule has 2 unspecified atom stereocenters. The van der Waals surface area contributed by atoms with Crippen LogP contribution < -0.4 is 0 Å². The monoisotopic (exact) mass is 452 g/mol. The average molecular weight is 453 g/mol. The van der Waals surface area contributed by atoms with Crippen LogP contribution >= 0.6 is 22.7 Å². The fourth-order valence-electron chi connectivity index (χ4n) is 5.73. The molecule has 6 rings (SSSR count). The summed E-state index contributed by atoms with van der Waals surface area (Å²) in [6, 6.07) is 27.1. The van der Waals surface area contributed by atoms with Crippen molar-refractivity contribution in [1.82, 2.24) is 0 Å². The molecule has 0 amide bonds. The fourth-order valence-corrected chi connectivity index (χ4v) is 12.0. The second-order valence-corrected chi connectivity index (χ2v) is 15.8. The standard InChI is InChI=1S/C28H24S2Si/c1-31(2,27-21-11-5-3-9-19(21)17-23(27)25-13-7-15-29-25)28-22-12-6-4-10-20(22)18-24(28)26-14-8-16-30-26/h3-18,27-28H,1-2H3. The Bertz CT molecular complexity index is 1210. The second kappa shape index (κ2) is 7.30. The lowest BCUT2D eigenvalue weighted by Gasteiger charge is -2.39. The Labute approximate surface area is 193 Å². The van der Waals surface area contributed by atoms with Gasteiger partial charge in [0.05, 0.1) is 8.07 Å². The van der Waals surface area contributed by atoms with Crippen LogP contribution in [0, 0.1) is 0 Å². The van der Waals surface area contributed by atoms with Crippen LogP contribution in [0.3, 0.4) is 0 Å². The molecule has 0 aliphatic heterocycles. The molecule has 2 heterocycles. The van der Waals surface area contributed by atoms with Crippen LogP contribution in [-0.4, -0.2) is 8.07 Å². The van der Waals surface area contributed by atoms with E-state index in [2.05, 4.69) is 109 Å². The summed E-state index contributed by atoms with van der Waals surface area (Å²) in [7, 11) is -1.90. The molecule has 0 bridgehead atoms. The lowest BCUT2D eigenvalue weighted by Crippen LogP contribution is -2.42. The topological polar surface area (TPSA) is 0 Å². The van der Waals surface area contributed by atoms with Crippen molar-refractivity contribution in [3.05, 3.63) is 116 Å². The van der Waals surface area contributed by atoms with E-state index in [9.17, 15) is 0 Å². The van der Waals surface area contributed by atoms with Gasteiger partial charge in [0.2, 0.25) is 0 Å². The largest absolute Gasteiger partial charge is 0.144 e. The van der Waals surface area contributed by atoms with E-state index in [1.54, 1.807) is 0 Å². The van der Waals surface area contributed by atoms with E-state index in [1.807, 2.05) is 22.7 Å². The summed E-state index contributed by atoms with van der Waals surface area (Å²) in [5.74, 6) is 0. The van der Waals surface area contributed by atoms with Gasteiger partial charge in [-0.15, -0.1) is 22.7 Å². The third kappa shape index (κ3) is 2.99. The molecule has 2 aliphatic carbocycles. The van der Waals surface area contributed by atoms with Crippen molar-refractivity contribution in [2.75, 3.05) is 0 Å². The van der Waals surface area contributed by atoms with E-state index in [0.29, 0.717) is 11.1 Å². The number of rotatable bonds is 4. The van der Waals surface area contributed by atoms with Crippen molar-refractivity contribution >= 4 is 54.0 Å². The molecular formula is C28H24S2Si. The highest BCUT2D eigenvalue weighted by atomic mass is 32.1. The average Bonchev–Trinajstić information content (AvgIpc) is 3.57. The SMILES string of the molecule is C[Si](C)(C1C(c2cccs2)=Cc2ccccc21)C1C(c2cccs2)=Cc2ccccc21. The van der Waals surface area contributed by atoms with Gasteiger partial charge in [-0.05, 0) is 68.4 Å². The van der Waals surface area contributed by atoms with Gasteiger partial charge in [0.25, 0.3) is 0 Å². The maximum Gasteiger partial charge on any atom is 0.0732 e. The first kappa shape index (κ1) is 19.2. The molecule has 0 spiro atoms. The number of benzene rings is 2. The van der Waals surface area contributed by atoms with Gasteiger partial charge in [0.15, 0.2) is 0 Å². The zero-order valence-corrected chi connectivity index (χ0v) is 20.3. The highest BCUT2D eigenvalue weighted by Crippen LogP contribution is 2.57. The Hall–Kier alpha value is -2.46. The molecule has 2 aromatic heterocycles. The molecule has 0 fully saturated rings. The molecule has 4 aromatic rings. The van der Waals surface area contributed by atoms with Crippen molar-refractivity contribution in [1.29, 1.82) is 0 Å². The normalized spacial score (nSPS) is 19.7. The van der Waals surface area contributed by atoms with Crippen molar-refractivity contribution in [3.8, 4) is 0 Å². The minimum atomic E-state index is -1.90. The highest BCUT2D eigenvalue weighted by Gasteiger charge is 2.49. The molecule has 31 heavy (non-hydrogen) atoms. The highest BCUT2D eigenvalue weighted by molar-refractivity contribution is 7.12. The second-order valence-electron chi connectivity index (χ2n) is 9.10.